The molecule has 1 saturated heterocycles. The molecule has 1 fully saturated rings. The number of fused-ring (bicyclic) bond motifs is 1. The fraction of sp³-hybridized carbons (Fsp3) is 0.467. The van der Waals surface area contributed by atoms with Gasteiger partial charge in [0.1, 0.15) is 5.82 Å². The number of nitrogens with two attached hydrogens (primary N) is 1. The molecule has 21 heavy (non-hydrogen) atoms. The number of benzene rings is 1. The zero-order valence-electron chi connectivity index (χ0n) is 12.0. The smallest absolute Gasteiger partial charge is 0.239 e. The first-order chi connectivity index (χ1) is 10.3. The second-order valence-electron chi connectivity index (χ2n) is 5.50. The summed E-state index contributed by atoms with van der Waals surface area (Å²) in [4.78, 5) is 11.2. The summed E-state index contributed by atoms with van der Waals surface area (Å²) in [6.45, 7) is 2.15. The van der Waals surface area contributed by atoms with Gasteiger partial charge in [-0.25, -0.2) is 10.8 Å². The van der Waals surface area contributed by atoms with Crippen molar-refractivity contribution >= 4 is 22.7 Å². The molecule has 112 valence electrons. The van der Waals surface area contributed by atoms with E-state index < -0.39 is 0 Å². The molecule has 0 amide bonds. The van der Waals surface area contributed by atoms with Gasteiger partial charge >= 0.3 is 0 Å². The Bertz CT molecular complexity index is 616. The molecule has 6 nitrogen and oxygen atoms in total. The predicted octanol–water partition coefficient (Wildman–Crippen LogP) is 1.51. The minimum absolute atomic E-state index is 0.249. The van der Waals surface area contributed by atoms with Crippen molar-refractivity contribution < 1.29 is 5.11 Å². The average Bonchev–Trinajstić information content (AvgIpc) is 2.54. The Kier molecular flexibility index (Phi) is 4.17. The van der Waals surface area contributed by atoms with E-state index in [2.05, 4.69) is 20.3 Å². The molecule has 0 aliphatic carbocycles. The van der Waals surface area contributed by atoms with Gasteiger partial charge in [0.15, 0.2) is 0 Å². The number of hydrazine groups is 1. The molecular weight excluding hydrogens is 266 g/mol. The van der Waals surface area contributed by atoms with Crippen LogP contribution in [0, 0.1) is 5.92 Å². The number of nitrogen functional groups attached to an aromatic ring is 1. The molecule has 1 aromatic carbocycles. The lowest BCUT2D eigenvalue weighted by atomic mass is 9.95. The zero-order chi connectivity index (χ0) is 14.7. The van der Waals surface area contributed by atoms with E-state index in [9.17, 15) is 0 Å². The van der Waals surface area contributed by atoms with Gasteiger partial charge in [0.2, 0.25) is 5.95 Å². The highest BCUT2D eigenvalue weighted by molar-refractivity contribution is 5.90. The highest BCUT2D eigenvalue weighted by Crippen LogP contribution is 2.29. The van der Waals surface area contributed by atoms with Gasteiger partial charge in [-0.15, -0.1) is 0 Å². The third kappa shape index (κ3) is 2.91. The van der Waals surface area contributed by atoms with Gasteiger partial charge < -0.3 is 10.0 Å². The van der Waals surface area contributed by atoms with Crippen LogP contribution in [0.25, 0.3) is 10.9 Å². The Morgan fingerprint density at radius 3 is 3.00 bits per heavy atom. The average molecular weight is 287 g/mol. The minimum atomic E-state index is 0.249. The van der Waals surface area contributed by atoms with Crippen LogP contribution in [0.3, 0.4) is 0 Å². The monoisotopic (exact) mass is 287 g/mol. The normalized spacial score (nSPS) is 19.0. The van der Waals surface area contributed by atoms with Gasteiger partial charge in [0, 0.05) is 25.1 Å². The van der Waals surface area contributed by atoms with Crippen molar-refractivity contribution in [3.8, 4) is 0 Å². The van der Waals surface area contributed by atoms with Crippen LogP contribution in [0.5, 0.6) is 0 Å². The fourth-order valence-electron chi connectivity index (χ4n) is 3.04. The fourth-order valence-corrected chi connectivity index (χ4v) is 3.04. The maximum atomic E-state index is 9.16. The number of aliphatic hydroxyl groups excluding tert-OH is 1. The van der Waals surface area contributed by atoms with Crippen molar-refractivity contribution in [2.24, 2.45) is 11.8 Å². The molecule has 2 aromatic rings. The van der Waals surface area contributed by atoms with E-state index in [-0.39, 0.29) is 6.61 Å². The van der Waals surface area contributed by atoms with Crippen LogP contribution in [0.1, 0.15) is 19.3 Å². The van der Waals surface area contributed by atoms with E-state index in [0.29, 0.717) is 11.9 Å². The SMILES string of the molecule is NNc1nc(N2CCCC(CCO)C2)c2ccccc2n1. The first-order valence-corrected chi connectivity index (χ1v) is 7.41. The maximum absolute atomic E-state index is 9.16. The number of piperidine rings is 1. The van der Waals surface area contributed by atoms with Gasteiger partial charge in [0.05, 0.1) is 5.52 Å². The summed E-state index contributed by atoms with van der Waals surface area (Å²) < 4.78 is 0. The number of hydrogen-bond donors (Lipinski definition) is 3. The highest BCUT2D eigenvalue weighted by atomic mass is 16.3. The number of aliphatic hydroxyl groups is 1. The van der Waals surface area contributed by atoms with Gasteiger partial charge in [-0.3, -0.25) is 5.43 Å². The lowest BCUT2D eigenvalue weighted by Gasteiger charge is -2.34. The number of para-hydroxylation sites is 1. The standard InChI is InChI=1S/C15H21N5O/c16-19-15-17-13-6-2-1-5-12(13)14(18-15)20-8-3-4-11(10-20)7-9-21/h1-2,5-6,11,21H,3-4,7-10,16H2,(H,17,18,19). The third-order valence-electron chi connectivity index (χ3n) is 4.07. The molecule has 1 aliphatic heterocycles. The summed E-state index contributed by atoms with van der Waals surface area (Å²) in [5.74, 6) is 7.37. The molecule has 2 heterocycles. The van der Waals surface area contributed by atoms with Crippen LogP contribution in [0.2, 0.25) is 0 Å². The quantitative estimate of drug-likeness (QED) is 0.584. The molecule has 1 aromatic heterocycles. The molecule has 0 bridgehead atoms. The first kappa shape index (κ1) is 14.0. The van der Waals surface area contributed by atoms with Crippen molar-refractivity contribution in [2.45, 2.75) is 19.3 Å². The number of nitrogens with zero attached hydrogens (tertiary/aromatic N) is 3. The number of aromatic nitrogens is 2. The summed E-state index contributed by atoms with van der Waals surface area (Å²) in [6.07, 6.45) is 3.14. The second-order valence-corrected chi connectivity index (χ2v) is 5.50. The number of nitrogens with one attached hydrogen (secondary N) is 1. The predicted molar refractivity (Wildman–Crippen MR) is 84.0 cm³/mol. The third-order valence-corrected chi connectivity index (χ3v) is 4.07. The maximum Gasteiger partial charge on any atom is 0.239 e. The first-order valence-electron chi connectivity index (χ1n) is 7.41. The van der Waals surface area contributed by atoms with Gasteiger partial charge in [-0.2, -0.15) is 4.98 Å². The second kappa shape index (κ2) is 6.24. The van der Waals surface area contributed by atoms with E-state index >= 15 is 0 Å². The Morgan fingerprint density at radius 2 is 2.19 bits per heavy atom. The molecular formula is C15H21N5O. The van der Waals surface area contributed by atoms with Crippen LogP contribution >= 0.6 is 0 Å². The van der Waals surface area contributed by atoms with Crippen molar-refractivity contribution in [1.82, 2.24) is 9.97 Å². The molecule has 0 saturated carbocycles. The van der Waals surface area contributed by atoms with Crippen LogP contribution in [0.4, 0.5) is 11.8 Å². The number of hydrogen-bond acceptors (Lipinski definition) is 6. The molecule has 6 heteroatoms. The molecule has 4 N–H and O–H groups in total. The summed E-state index contributed by atoms with van der Waals surface area (Å²) >= 11 is 0. The Morgan fingerprint density at radius 1 is 1.33 bits per heavy atom. The van der Waals surface area contributed by atoms with E-state index in [1.165, 1.54) is 6.42 Å². The van der Waals surface area contributed by atoms with Gasteiger partial charge in [-0.05, 0) is 37.3 Å². The van der Waals surface area contributed by atoms with Crippen molar-refractivity contribution in [3.63, 3.8) is 0 Å². The largest absolute Gasteiger partial charge is 0.396 e. The Balaban J connectivity index is 1.98. The topological polar surface area (TPSA) is 87.3 Å². The van der Waals surface area contributed by atoms with Crippen LogP contribution in [-0.4, -0.2) is 34.8 Å². The summed E-state index contributed by atoms with van der Waals surface area (Å²) in [5.41, 5.74) is 3.43. The molecule has 0 radical (unpaired) electrons. The summed E-state index contributed by atoms with van der Waals surface area (Å²) in [6, 6.07) is 7.97. The van der Waals surface area contributed by atoms with E-state index in [4.69, 9.17) is 10.9 Å². The number of anilines is 2. The van der Waals surface area contributed by atoms with Crippen LogP contribution in [-0.2, 0) is 0 Å². The number of rotatable bonds is 4. The molecule has 1 aliphatic rings. The Labute approximate surface area is 124 Å². The van der Waals surface area contributed by atoms with Crippen molar-refractivity contribution in [1.29, 1.82) is 0 Å². The van der Waals surface area contributed by atoms with E-state index in [0.717, 1.165) is 42.7 Å². The minimum Gasteiger partial charge on any atom is -0.396 e. The summed E-state index contributed by atoms with van der Waals surface area (Å²) in [5, 5.41) is 10.2. The molecule has 1 unspecified atom stereocenters. The highest BCUT2D eigenvalue weighted by Gasteiger charge is 2.22. The van der Waals surface area contributed by atoms with Gasteiger partial charge in [-0.1, -0.05) is 12.1 Å². The Hall–Kier alpha value is -1.92. The van der Waals surface area contributed by atoms with E-state index in [1.54, 1.807) is 0 Å². The van der Waals surface area contributed by atoms with E-state index in [1.807, 2.05) is 24.3 Å². The van der Waals surface area contributed by atoms with Crippen LogP contribution in [0.15, 0.2) is 24.3 Å². The van der Waals surface area contributed by atoms with Crippen LogP contribution < -0.4 is 16.2 Å². The van der Waals surface area contributed by atoms with Crippen molar-refractivity contribution in [3.05, 3.63) is 24.3 Å². The lowest BCUT2D eigenvalue weighted by Crippen LogP contribution is -2.36. The zero-order valence-corrected chi connectivity index (χ0v) is 12.0. The van der Waals surface area contributed by atoms with Crippen molar-refractivity contribution in [2.75, 3.05) is 30.0 Å². The molecule has 0 spiro atoms. The molecule has 3 rings (SSSR count). The lowest BCUT2D eigenvalue weighted by molar-refractivity contribution is 0.244. The van der Waals surface area contributed by atoms with Gasteiger partial charge in [0.25, 0.3) is 0 Å². The molecule has 1 atom stereocenters. The summed E-state index contributed by atoms with van der Waals surface area (Å²) in [7, 11) is 0.